The number of rotatable bonds is 0. The lowest BCUT2D eigenvalue weighted by Gasteiger charge is -1.93. The van der Waals surface area contributed by atoms with Crippen LogP contribution in [0.4, 0.5) is 0 Å². The van der Waals surface area contributed by atoms with Crippen LogP contribution in [0.3, 0.4) is 0 Å². The highest BCUT2D eigenvalue weighted by Gasteiger charge is 2.09. The Morgan fingerprint density at radius 3 is 2.00 bits per heavy atom. The van der Waals surface area contributed by atoms with Crippen molar-refractivity contribution >= 4 is 11.0 Å². The van der Waals surface area contributed by atoms with E-state index in [4.69, 9.17) is 18.6 Å². The lowest BCUT2D eigenvalue weighted by molar-refractivity contribution is 0.174. The third-order valence-corrected chi connectivity index (χ3v) is 4.24. The molecule has 2 aliphatic rings. The highest BCUT2D eigenvalue weighted by atomic mass is 16.7. The number of ether oxygens (including phenoxy) is 3. The average molecular weight is 360 g/mol. The zero-order chi connectivity index (χ0) is 18.3. The van der Waals surface area contributed by atoms with Crippen molar-refractivity contribution in [3.8, 4) is 17.2 Å². The first-order valence-corrected chi connectivity index (χ1v) is 8.88. The van der Waals surface area contributed by atoms with Crippen molar-refractivity contribution in [2.45, 2.75) is 6.42 Å². The van der Waals surface area contributed by atoms with Crippen LogP contribution in [0.1, 0.15) is 5.56 Å². The van der Waals surface area contributed by atoms with Crippen LogP contribution in [0, 0.1) is 0 Å². The maximum atomic E-state index is 5.30. The Kier molecular flexibility index (Phi) is 5.25. The number of furan rings is 1. The molecule has 1 aromatic heterocycles. The Morgan fingerprint density at radius 2 is 1.26 bits per heavy atom. The molecule has 0 bridgehead atoms. The smallest absolute Gasteiger partial charge is 0.231 e. The molecule has 0 saturated carbocycles. The van der Waals surface area contributed by atoms with E-state index in [0.29, 0.717) is 6.79 Å². The number of hydrogen-bond acceptors (Lipinski definition) is 4. The third-order valence-electron chi connectivity index (χ3n) is 4.24. The van der Waals surface area contributed by atoms with Gasteiger partial charge in [0.2, 0.25) is 6.79 Å². The molecule has 0 fully saturated rings. The Balaban J connectivity index is 0.0000001000. The minimum Gasteiger partial charge on any atom is -0.493 e. The highest BCUT2D eigenvalue weighted by molar-refractivity contribution is 5.76. The zero-order valence-electron chi connectivity index (χ0n) is 14.8. The molecule has 3 aromatic carbocycles. The molecule has 0 atom stereocenters. The molecule has 27 heavy (non-hydrogen) atoms. The average Bonchev–Trinajstić information content (AvgIpc) is 3.48. The summed E-state index contributed by atoms with van der Waals surface area (Å²) in [5.41, 5.74) is 2.30. The van der Waals surface area contributed by atoms with Gasteiger partial charge >= 0.3 is 0 Å². The van der Waals surface area contributed by atoms with E-state index in [0.717, 1.165) is 41.2 Å². The van der Waals surface area contributed by atoms with Gasteiger partial charge in [0.1, 0.15) is 11.3 Å². The number of fused-ring (bicyclic) bond motifs is 3. The molecule has 0 aliphatic carbocycles. The largest absolute Gasteiger partial charge is 0.493 e. The van der Waals surface area contributed by atoms with Crippen molar-refractivity contribution in [2.75, 3.05) is 13.4 Å². The molecule has 4 nitrogen and oxygen atoms in total. The zero-order valence-corrected chi connectivity index (χ0v) is 14.8. The van der Waals surface area contributed by atoms with Gasteiger partial charge in [-0.1, -0.05) is 48.5 Å². The molecule has 3 heterocycles. The first-order valence-electron chi connectivity index (χ1n) is 8.88. The molecular weight excluding hydrogens is 340 g/mol. The van der Waals surface area contributed by atoms with E-state index in [-0.39, 0.29) is 0 Å². The van der Waals surface area contributed by atoms with Gasteiger partial charge in [0.25, 0.3) is 0 Å². The lowest BCUT2D eigenvalue weighted by Crippen LogP contribution is -1.92. The molecule has 4 heteroatoms. The van der Waals surface area contributed by atoms with Crippen molar-refractivity contribution in [1.29, 1.82) is 0 Å². The number of para-hydroxylation sites is 4. The van der Waals surface area contributed by atoms with Gasteiger partial charge in [-0.15, -0.1) is 0 Å². The lowest BCUT2D eigenvalue weighted by atomic mass is 10.2. The van der Waals surface area contributed by atoms with Crippen molar-refractivity contribution < 1.29 is 18.6 Å². The fourth-order valence-corrected chi connectivity index (χ4v) is 2.87. The molecule has 136 valence electrons. The van der Waals surface area contributed by atoms with Crippen LogP contribution < -0.4 is 14.2 Å². The van der Waals surface area contributed by atoms with E-state index < -0.39 is 0 Å². The molecule has 0 saturated heterocycles. The van der Waals surface area contributed by atoms with E-state index in [9.17, 15) is 0 Å². The predicted octanol–water partition coefficient (Wildman–Crippen LogP) is 5.47. The highest BCUT2D eigenvalue weighted by Crippen LogP contribution is 2.30. The summed E-state index contributed by atoms with van der Waals surface area (Å²) in [5.74, 6) is 2.76. The van der Waals surface area contributed by atoms with Gasteiger partial charge in [-0.3, -0.25) is 0 Å². The van der Waals surface area contributed by atoms with Crippen molar-refractivity contribution in [2.24, 2.45) is 0 Å². The van der Waals surface area contributed by atoms with Crippen LogP contribution in [0.25, 0.3) is 11.0 Å². The van der Waals surface area contributed by atoms with Gasteiger partial charge in [0.15, 0.2) is 11.5 Å². The maximum absolute atomic E-state index is 5.30. The van der Waals surface area contributed by atoms with Gasteiger partial charge in [-0.05, 0) is 35.9 Å². The second-order valence-corrected chi connectivity index (χ2v) is 6.02. The fourth-order valence-electron chi connectivity index (χ4n) is 2.87. The summed E-state index contributed by atoms with van der Waals surface area (Å²) >= 11 is 0. The quantitative estimate of drug-likeness (QED) is 0.417. The molecule has 0 spiro atoms. The normalized spacial score (nSPS) is 12.9. The van der Waals surface area contributed by atoms with Crippen LogP contribution in [-0.4, -0.2) is 13.4 Å². The second kappa shape index (κ2) is 8.32. The topological polar surface area (TPSA) is 40.8 Å². The minimum atomic E-state index is 0.360. The van der Waals surface area contributed by atoms with Crippen LogP contribution in [0.2, 0.25) is 0 Å². The van der Waals surface area contributed by atoms with E-state index in [1.807, 2.05) is 72.8 Å². The predicted molar refractivity (Wildman–Crippen MR) is 104 cm³/mol. The van der Waals surface area contributed by atoms with Crippen LogP contribution in [0.15, 0.2) is 89.5 Å². The van der Waals surface area contributed by atoms with E-state index >= 15 is 0 Å². The SMILES string of the molecule is c1ccc2c(c1)CCO2.c1ccc2c(c1)OCO2.c1ccc2occc2c1. The van der Waals surface area contributed by atoms with Gasteiger partial charge < -0.3 is 18.6 Å². The number of benzene rings is 3. The third kappa shape index (κ3) is 4.23. The first-order chi connectivity index (χ1) is 13.4. The molecular formula is C23H20O4. The molecule has 6 rings (SSSR count). The summed E-state index contributed by atoms with van der Waals surface area (Å²) in [6.45, 7) is 1.22. The number of hydrogen-bond donors (Lipinski definition) is 0. The molecule has 0 amide bonds. The molecule has 4 aromatic rings. The van der Waals surface area contributed by atoms with Gasteiger partial charge in [0.05, 0.1) is 12.9 Å². The molecule has 0 unspecified atom stereocenters. The molecule has 0 radical (unpaired) electrons. The van der Waals surface area contributed by atoms with Gasteiger partial charge in [-0.25, -0.2) is 0 Å². The van der Waals surface area contributed by atoms with Crippen molar-refractivity contribution in [1.82, 2.24) is 0 Å². The summed E-state index contributed by atoms with van der Waals surface area (Å²) in [6, 6.07) is 25.7. The Hall–Kier alpha value is -3.40. The molecule has 0 N–H and O–H groups in total. The van der Waals surface area contributed by atoms with Gasteiger partial charge in [-0.2, -0.15) is 0 Å². The van der Waals surface area contributed by atoms with E-state index in [1.54, 1.807) is 6.26 Å². The van der Waals surface area contributed by atoms with Crippen LogP contribution >= 0.6 is 0 Å². The second-order valence-electron chi connectivity index (χ2n) is 6.02. The molecule has 2 aliphatic heterocycles. The summed E-state index contributed by atoms with van der Waals surface area (Å²) < 4.78 is 20.6. The van der Waals surface area contributed by atoms with Crippen molar-refractivity contribution in [3.05, 3.63) is 90.7 Å². The van der Waals surface area contributed by atoms with Gasteiger partial charge in [0, 0.05) is 11.8 Å². The van der Waals surface area contributed by atoms with E-state index in [1.165, 1.54) is 5.56 Å². The maximum Gasteiger partial charge on any atom is 0.231 e. The van der Waals surface area contributed by atoms with Crippen molar-refractivity contribution in [3.63, 3.8) is 0 Å². The Labute approximate surface area is 157 Å². The monoisotopic (exact) mass is 360 g/mol. The minimum absolute atomic E-state index is 0.360. The Morgan fingerprint density at radius 1 is 0.593 bits per heavy atom. The summed E-state index contributed by atoms with van der Waals surface area (Å²) in [4.78, 5) is 0. The summed E-state index contributed by atoms with van der Waals surface area (Å²) in [5, 5.41) is 1.16. The van der Waals surface area contributed by atoms with Crippen LogP contribution in [0.5, 0.6) is 17.2 Å². The van der Waals surface area contributed by atoms with E-state index in [2.05, 4.69) is 6.07 Å². The fraction of sp³-hybridized carbons (Fsp3) is 0.130. The van der Waals surface area contributed by atoms with Crippen LogP contribution in [-0.2, 0) is 6.42 Å². The summed E-state index contributed by atoms with van der Waals surface area (Å²) in [6.07, 6.45) is 2.78. The summed E-state index contributed by atoms with van der Waals surface area (Å²) in [7, 11) is 0. The Bertz CT molecular complexity index is 880. The first kappa shape index (κ1) is 17.0. The standard InChI is InChI=1S/C8H8O.C8H6O.C7H6O2/c2*1-2-4-8-7(3-1)5-6-9-8;1-2-4-7-6(3-1)8-5-9-7/h1-4H,5-6H2;1-6H;1-4H,5H2.